The molecule has 2 aliphatic rings. The molecule has 0 spiro atoms. The number of H-pyrrole nitrogens is 1. The zero-order valence-electron chi connectivity index (χ0n) is 15.0. The van der Waals surface area contributed by atoms with E-state index in [1.807, 2.05) is 6.20 Å². The minimum absolute atomic E-state index is 0.0306. The van der Waals surface area contributed by atoms with Gasteiger partial charge in [0.1, 0.15) is 5.82 Å². The Morgan fingerprint density at radius 3 is 3.08 bits per heavy atom. The topological polar surface area (TPSA) is 75.6 Å². The molecule has 2 aromatic heterocycles. The fourth-order valence-corrected chi connectivity index (χ4v) is 4.13. The average Bonchev–Trinajstić information content (AvgIpc) is 3.26. The van der Waals surface area contributed by atoms with Crippen molar-refractivity contribution in [1.82, 2.24) is 25.1 Å². The van der Waals surface area contributed by atoms with Gasteiger partial charge in [-0.2, -0.15) is 5.10 Å². The minimum atomic E-state index is 0.0306. The number of amides is 1. The van der Waals surface area contributed by atoms with Gasteiger partial charge < -0.3 is 9.88 Å². The van der Waals surface area contributed by atoms with Crippen molar-refractivity contribution in [2.75, 3.05) is 0 Å². The van der Waals surface area contributed by atoms with E-state index in [-0.39, 0.29) is 11.8 Å². The van der Waals surface area contributed by atoms with Crippen LogP contribution in [0.4, 0.5) is 0 Å². The van der Waals surface area contributed by atoms with Crippen molar-refractivity contribution >= 4 is 16.9 Å². The van der Waals surface area contributed by atoms with E-state index in [0.29, 0.717) is 12.6 Å². The number of benzene rings is 1. The summed E-state index contributed by atoms with van der Waals surface area (Å²) in [6.07, 6.45) is 6.95. The molecule has 0 radical (unpaired) electrons. The standard InChI is InChI=1S/C20H23N5O/c1-12-23-18-8-13(2-7-19(18)25(12)16-5-6-16)10-21-20(26)14-3-4-15-11-22-24-17(15)9-14/h2,7-8,11,14,16H,3-6,9-10H2,1H3,(H,21,26)(H,22,24)/t14-/m0/s1. The molecule has 2 heterocycles. The van der Waals surface area contributed by atoms with Gasteiger partial charge in [-0.15, -0.1) is 0 Å². The van der Waals surface area contributed by atoms with E-state index in [9.17, 15) is 4.79 Å². The van der Waals surface area contributed by atoms with Crippen LogP contribution in [0, 0.1) is 12.8 Å². The number of nitrogens with zero attached hydrogens (tertiary/aromatic N) is 3. The first-order valence-electron chi connectivity index (χ1n) is 9.45. The number of nitrogens with one attached hydrogen (secondary N) is 2. The van der Waals surface area contributed by atoms with Crippen molar-refractivity contribution in [3.8, 4) is 0 Å². The third kappa shape index (κ3) is 2.69. The van der Waals surface area contributed by atoms with Crippen LogP contribution in [0.2, 0.25) is 0 Å². The summed E-state index contributed by atoms with van der Waals surface area (Å²) in [4.78, 5) is 17.3. The maximum atomic E-state index is 12.6. The number of hydrogen-bond acceptors (Lipinski definition) is 3. The van der Waals surface area contributed by atoms with Crippen LogP contribution in [0.5, 0.6) is 0 Å². The molecule has 3 aromatic rings. The van der Waals surface area contributed by atoms with Crippen molar-refractivity contribution in [3.05, 3.63) is 47.0 Å². The molecule has 1 fully saturated rings. The van der Waals surface area contributed by atoms with E-state index in [1.54, 1.807) is 0 Å². The molecule has 0 bridgehead atoms. The number of imidazole rings is 1. The maximum Gasteiger partial charge on any atom is 0.223 e. The Bertz CT molecular complexity index is 981. The number of aromatic nitrogens is 4. The second-order valence-corrected chi connectivity index (χ2v) is 7.61. The highest BCUT2D eigenvalue weighted by Crippen LogP contribution is 2.38. The normalized spacial score (nSPS) is 19.5. The summed E-state index contributed by atoms with van der Waals surface area (Å²) in [7, 11) is 0. The summed E-state index contributed by atoms with van der Waals surface area (Å²) in [5.74, 6) is 1.24. The monoisotopic (exact) mass is 349 g/mol. The molecule has 26 heavy (non-hydrogen) atoms. The van der Waals surface area contributed by atoms with E-state index in [2.05, 4.69) is 45.2 Å². The number of carbonyl (C=O) groups is 1. The van der Waals surface area contributed by atoms with E-state index >= 15 is 0 Å². The molecule has 0 aliphatic heterocycles. The van der Waals surface area contributed by atoms with E-state index in [1.165, 1.54) is 23.9 Å². The van der Waals surface area contributed by atoms with Crippen LogP contribution in [0.3, 0.4) is 0 Å². The molecule has 6 heteroatoms. The molecule has 5 rings (SSSR count). The van der Waals surface area contributed by atoms with Crippen molar-refractivity contribution in [1.29, 1.82) is 0 Å². The largest absolute Gasteiger partial charge is 0.352 e. The van der Waals surface area contributed by atoms with Crippen LogP contribution >= 0.6 is 0 Å². The average molecular weight is 349 g/mol. The van der Waals surface area contributed by atoms with Crippen molar-refractivity contribution < 1.29 is 4.79 Å². The Kier molecular flexibility index (Phi) is 3.58. The predicted octanol–water partition coefficient (Wildman–Crippen LogP) is 2.82. The molecule has 0 unspecified atom stereocenters. The van der Waals surface area contributed by atoms with Gasteiger partial charge in [-0.3, -0.25) is 9.89 Å². The lowest BCUT2D eigenvalue weighted by Crippen LogP contribution is -2.33. The molecule has 2 N–H and O–H groups in total. The first-order chi connectivity index (χ1) is 12.7. The van der Waals surface area contributed by atoms with Crippen LogP contribution in [0.25, 0.3) is 11.0 Å². The fourth-order valence-electron chi connectivity index (χ4n) is 4.13. The molecule has 1 atom stereocenters. The van der Waals surface area contributed by atoms with Crippen molar-refractivity contribution in [3.63, 3.8) is 0 Å². The summed E-state index contributed by atoms with van der Waals surface area (Å²) in [6, 6.07) is 6.99. The molecule has 1 aromatic carbocycles. The van der Waals surface area contributed by atoms with Gasteiger partial charge in [0.15, 0.2) is 0 Å². The molecule has 1 saturated carbocycles. The zero-order chi connectivity index (χ0) is 17.7. The van der Waals surface area contributed by atoms with Crippen molar-refractivity contribution in [2.24, 2.45) is 5.92 Å². The number of fused-ring (bicyclic) bond motifs is 2. The van der Waals surface area contributed by atoms with Crippen LogP contribution in [-0.2, 0) is 24.2 Å². The minimum Gasteiger partial charge on any atom is -0.352 e. The predicted molar refractivity (Wildman–Crippen MR) is 98.7 cm³/mol. The van der Waals surface area contributed by atoms with Gasteiger partial charge in [0, 0.05) is 30.6 Å². The van der Waals surface area contributed by atoms with Gasteiger partial charge in [0.2, 0.25) is 5.91 Å². The summed E-state index contributed by atoms with van der Waals surface area (Å²) < 4.78 is 2.35. The first-order valence-corrected chi connectivity index (χ1v) is 9.45. The number of rotatable bonds is 4. The summed E-state index contributed by atoms with van der Waals surface area (Å²) in [5, 5.41) is 10.2. The van der Waals surface area contributed by atoms with Gasteiger partial charge >= 0.3 is 0 Å². The lowest BCUT2D eigenvalue weighted by molar-refractivity contribution is -0.125. The maximum absolute atomic E-state index is 12.6. The highest BCUT2D eigenvalue weighted by Gasteiger charge is 2.27. The highest BCUT2D eigenvalue weighted by molar-refractivity contribution is 5.80. The Balaban J connectivity index is 1.27. The van der Waals surface area contributed by atoms with E-state index in [0.717, 1.165) is 41.9 Å². The molecule has 0 saturated heterocycles. The van der Waals surface area contributed by atoms with Gasteiger partial charge in [0.05, 0.1) is 17.2 Å². The third-order valence-corrected chi connectivity index (χ3v) is 5.70. The number of aryl methyl sites for hydroxylation is 2. The Labute approximate surface area is 152 Å². The van der Waals surface area contributed by atoms with Crippen molar-refractivity contribution in [2.45, 2.75) is 51.6 Å². The van der Waals surface area contributed by atoms with Crippen LogP contribution in [0.1, 0.15) is 47.9 Å². The Morgan fingerprint density at radius 1 is 1.35 bits per heavy atom. The van der Waals surface area contributed by atoms with Crippen LogP contribution in [0.15, 0.2) is 24.4 Å². The third-order valence-electron chi connectivity index (χ3n) is 5.70. The van der Waals surface area contributed by atoms with E-state index < -0.39 is 0 Å². The van der Waals surface area contributed by atoms with Crippen LogP contribution in [-0.4, -0.2) is 25.7 Å². The number of hydrogen-bond donors (Lipinski definition) is 2. The highest BCUT2D eigenvalue weighted by atomic mass is 16.1. The van der Waals surface area contributed by atoms with Crippen LogP contribution < -0.4 is 5.32 Å². The SMILES string of the molecule is Cc1nc2cc(CNC(=O)[C@H]3CCc4cn[nH]c4C3)ccc2n1C1CC1. The summed E-state index contributed by atoms with van der Waals surface area (Å²) >= 11 is 0. The lowest BCUT2D eigenvalue weighted by atomic mass is 9.87. The first kappa shape index (κ1) is 15.6. The zero-order valence-corrected chi connectivity index (χ0v) is 15.0. The molecule has 6 nitrogen and oxygen atoms in total. The lowest BCUT2D eigenvalue weighted by Gasteiger charge is -2.20. The second-order valence-electron chi connectivity index (χ2n) is 7.61. The van der Waals surface area contributed by atoms with Gasteiger partial charge in [-0.05, 0) is 55.9 Å². The van der Waals surface area contributed by atoms with E-state index in [4.69, 9.17) is 4.98 Å². The molecule has 2 aliphatic carbocycles. The quantitative estimate of drug-likeness (QED) is 0.760. The molecular formula is C20H23N5O. The number of carbonyl (C=O) groups excluding carboxylic acids is 1. The smallest absolute Gasteiger partial charge is 0.223 e. The Hall–Kier alpha value is -2.63. The molecule has 134 valence electrons. The summed E-state index contributed by atoms with van der Waals surface area (Å²) in [5.41, 5.74) is 5.70. The summed E-state index contributed by atoms with van der Waals surface area (Å²) in [6.45, 7) is 2.63. The van der Waals surface area contributed by atoms with Gasteiger partial charge in [-0.25, -0.2) is 4.98 Å². The van der Waals surface area contributed by atoms with Gasteiger partial charge in [-0.1, -0.05) is 6.07 Å². The number of aromatic amines is 1. The second kappa shape index (κ2) is 5.97. The molecule has 1 amide bonds. The Morgan fingerprint density at radius 2 is 2.23 bits per heavy atom. The molecular weight excluding hydrogens is 326 g/mol. The van der Waals surface area contributed by atoms with Gasteiger partial charge in [0.25, 0.3) is 0 Å². The fraction of sp³-hybridized carbons (Fsp3) is 0.450.